The Labute approximate surface area is 175 Å². The quantitative estimate of drug-likeness (QED) is 0.614. The molecule has 162 valence electrons. The van der Waals surface area contributed by atoms with Gasteiger partial charge in [-0.3, -0.25) is 14.4 Å². The number of carbonyl (C=O) groups excluding carboxylic acids is 3. The summed E-state index contributed by atoms with van der Waals surface area (Å²) >= 11 is 0. The van der Waals surface area contributed by atoms with Crippen LogP contribution in [0.4, 0.5) is 0 Å². The topological polar surface area (TPSA) is 93.2 Å². The second-order valence-electron chi connectivity index (χ2n) is 7.38. The zero-order chi connectivity index (χ0) is 21.5. The molecule has 2 aromatic heterocycles. The number of hydrogen-bond acceptors (Lipinski definition) is 6. The van der Waals surface area contributed by atoms with Crippen molar-refractivity contribution in [2.24, 2.45) is 5.92 Å². The third-order valence-corrected chi connectivity index (χ3v) is 5.29. The molecule has 0 N–H and O–H groups in total. The maximum absolute atomic E-state index is 13.0. The third-order valence-electron chi connectivity index (χ3n) is 5.29. The summed E-state index contributed by atoms with van der Waals surface area (Å²) in [4.78, 5) is 41.1. The summed E-state index contributed by atoms with van der Waals surface area (Å²) in [6.45, 7) is 5.31. The number of nitrogens with zero attached hydrogens (tertiary/aromatic N) is 2. The van der Waals surface area contributed by atoms with Crippen molar-refractivity contribution in [3.63, 3.8) is 0 Å². The summed E-state index contributed by atoms with van der Waals surface area (Å²) in [6.07, 6.45) is 4.68. The zero-order valence-corrected chi connectivity index (χ0v) is 17.5. The zero-order valence-electron chi connectivity index (χ0n) is 17.5. The van der Waals surface area contributed by atoms with E-state index in [-0.39, 0.29) is 43.2 Å². The number of likely N-dealkylation sites (tertiary alicyclic amines) is 1. The van der Waals surface area contributed by atoms with Gasteiger partial charge in [0, 0.05) is 26.1 Å². The van der Waals surface area contributed by atoms with Crippen molar-refractivity contribution in [2.45, 2.75) is 39.7 Å². The van der Waals surface area contributed by atoms with Crippen LogP contribution in [0.2, 0.25) is 0 Å². The van der Waals surface area contributed by atoms with Gasteiger partial charge in [-0.15, -0.1) is 0 Å². The number of amides is 2. The van der Waals surface area contributed by atoms with Crippen LogP contribution in [-0.2, 0) is 20.9 Å². The SMILES string of the molecule is CCOC(=O)[C@H]1CCCN(C(=O)CCN(Cc2ccco2)C(=O)c2ccoc2C)C1. The first-order valence-corrected chi connectivity index (χ1v) is 10.3. The first-order valence-electron chi connectivity index (χ1n) is 10.3. The highest BCUT2D eigenvalue weighted by Crippen LogP contribution is 2.20. The van der Waals surface area contributed by atoms with Crippen LogP contribution >= 0.6 is 0 Å². The second kappa shape index (κ2) is 10.1. The molecule has 0 bridgehead atoms. The van der Waals surface area contributed by atoms with Gasteiger partial charge in [0.05, 0.1) is 37.2 Å². The van der Waals surface area contributed by atoms with E-state index in [1.807, 2.05) is 0 Å². The second-order valence-corrected chi connectivity index (χ2v) is 7.38. The largest absolute Gasteiger partial charge is 0.469 e. The van der Waals surface area contributed by atoms with E-state index in [4.69, 9.17) is 13.6 Å². The molecule has 8 heteroatoms. The average molecular weight is 416 g/mol. The first kappa shape index (κ1) is 21.7. The molecule has 1 aliphatic rings. The van der Waals surface area contributed by atoms with E-state index in [1.54, 1.807) is 48.1 Å². The monoisotopic (exact) mass is 416 g/mol. The van der Waals surface area contributed by atoms with Crippen molar-refractivity contribution in [3.05, 3.63) is 47.8 Å². The Balaban J connectivity index is 1.63. The van der Waals surface area contributed by atoms with Crippen molar-refractivity contribution in [2.75, 3.05) is 26.2 Å². The van der Waals surface area contributed by atoms with Crippen LogP contribution < -0.4 is 0 Å². The highest BCUT2D eigenvalue weighted by Gasteiger charge is 2.30. The van der Waals surface area contributed by atoms with Gasteiger partial charge in [0.25, 0.3) is 5.91 Å². The average Bonchev–Trinajstić information content (AvgIpc) is 3.42. The number of ether oxygens (including phenoxy) is 1. The number of aryl methyl sites for hydroxylation is 1. The Kier molecular flexibility index (Phi) is 7.32. The van der Waals surface area contributed by atoms with Crippen molar-refractivity contribution in [1.82, 2.24) is 9.80 Å². The van der Waals surface area contributed by atoms with Gasteiger partial charge >= 0.3 is 5.97 Å². The summed E-state index contributed by atoms with van der Waals surface area (Å²) in [5, 5.41) is 0. The van der Waals surface area contributed by atoms with Gasteiger partial charge in [-0.05, 0) is 44.9 Å². The minimum Gasteiger partial charge on any atom is -0.469 e. The molecule has 1 saturated heterocycles. The van der Waals surface area contributed by atoms with Gasteiger partial charge in [0.1, 0.15) is 11.5 Å². The van der Waals surface area contributed by atoms with Crippen LogP contribution in [0.3, 0.4) is 0 Å². The molecule has 0 aromatic carbocycles. The van der Waals surface area contributed by atoms with Gasteiger partial charge in [-0.1, -0.05) is 0 Å². The summed E-state index contributed by atoms with van der Waals surface area (Å²) in [6, 6.07) is 5.18. The molecule has 30 heavy (non-hydrogen) atoms. The Hall–Kier alpha value is -3.03. The number of hydrogen-bond donors (Lipinski definition) is 0. The minimum absolute atomic E-state index is 0.0786. The number of carbonyl (C=O) groups is 3. The molecule has 1 atom stereocenters. The van der Waals surface area contributed by atoms with E-state index >= 15 is 0 Å². The maximum Gasteiger partial charge on any atom is 0.310 e. The van der Waals surface area contributed by atoms with Crippen LogP contribution in [0.25, 0.3) is 0 Å². The predicted octanol–water partition coefficient (Wildman–Crippen LogP) is 3.02. The van der Waals surface area contributed by atoms with Crippen molar-refractivity contribution < 1.29 is 28.0 Å². The molecule has 0 spiro atoms. The van der Waals surface area contributed by atoms with Gasteiger partial charge in [-0.25, -0.2) is 0 Å². The molecule has 0 unspecified atom stereocenters. The lowest BCUT2D eigenvalue weighted by atomic mass is 9.98. The number of rotatable bonds is 8. The Morgan fingerprint density at radius 3 is 2.73 bits per heavy atom. The van der Waals surface area contributed by atoms with E-state index in [2.05, 4.69) is 0 Å². The fourth-order valence-corrected chi connectivity index (χ4v) is 3.67. The highest BCUT2D eigenvalue weighted by atomic mass is 16.5. The van der Waals surface area contributed by atoms with Crippen molar-refractivity contribution in [1.29, 1.82) is 0 Å². The van der Waals surface area contributed by atoms with Crippen LogP contribution in [0.1, 0.15) is 48.1 Å². The fourth-order valence-electron chi connectivity index (χ4n) is 3.67. The predicted molar refractivity (Wildman–Crippen MR) is 107 cm³/mol. The standard InChI is InChI=1S/C22H28N2O6/c1-3-28-22(27)17-6-4-10-23(14-17)20(25)8-11-24(15-18-7-5-12-30-18)21(26)19-9-13-29-16(19)2/h5,7,9,12-13,17H,3-4,6,8,10-11,14-15H2,1-2H3/t17-/m0/s1. The summed E-state index contributed by atoms with van der Waals surface area (Å²) in [5.74, 6) is 0.345. The Morgan fingerprint density at radius 1 is 1.23 bits per heavy atom. The van der Waals surface area contributed by atoms with Gasteiger partial charge in [0.15, 0.2) is 0 Å². The molecule has 2 amide bonds. The van der Waals surface area contributed by atoms with Crippen molar-refractivity contribution in [3.8, 4) is 0 Å². The van der Waals surface area contributed by atoms with E-state index in [0.29, 0.717) is 36.8 Å². The van der Waals surface area contributed by atoms with Gasteiger partial charge in [-0.2, -0.15) is 0 Å². The fraction of sp³-hybridized carbons (Fsp3) is 0.500. The first-order chi connectivity index (χ1) is 14.5. The lowest BCUT2D eigenvalue weighted by Gasteiger charge is -2.32. The molecule has 0 saturated carbocycles. The maximum atomic E-state index is 13.0. The molecule has 0 radical (unpaired) electrons. The lowest BCUT2D eigenvalue weighted by molar-refractivity contribution is -0.151. The molecule has 0 aliphatic carbocycles. The summed E-state index contributed by atoms with van der Waals surface area (Å²) in [7, 11) is 0. The van der Waals surface area contributed by atoms with E-state index in [0.717, 1.165) is 12.8 Å². The van der Waals surface area contributed by atoms with E-state index in [1.165, 1.54) is 6.26 Å². The van der Waals surface area contributed by atoms with E-state index < -0.39 is 0 Å². The van der Waals surface area contributed by atoms with Gasteiger partial charge < -0.3 is 23.4 Å². The highest BCUT2D eigenvalue weighted by molar-refractivity contribution is 5.95. The van der Waals surface area contributed by atoms with Gasteiger partial charge in [0.2, 0.25) is 5.91 Å². The normalized spacial score (nSPS) is 16.3. The number of piperidine rings is 1. The molecule has 1 aliphatic heterocycles. The van der Waals surface area contributed by atoms with Crippen LogP contribution in [0.5, 0.6) is 0 Å². The molecule has 8 nitrogen and oxygen atoms in total. The third kappa shape index (κ3) is 5.31. The molecular formula is C22H28N2O6. The molecular weight excluding hydrogens is 388 g/mol. The number of furan rings is 2. The smallest absolute Gasteiger partial charge is 0.310 e. The van der Waals surface area contributed by atoms with Crippen LogP contribution in [0, 0.1) is 12.8 Å². The summed E-state index contributed by atoms with van der Waals surface area (Å²) in [5.41, 5.74) is 0.467. The van der Waals surface area contributed by atoms with Crippen LogP contribution in [-0.4, -0.2) is 53.8 Å². The molecule has 3 rings (SSSR count). The number of esters is 1. The minimum atomic E-state index is -0.280. The molecule has 2 aromatic rings. The van der Waals surface area contributed by atoms with E-state index in [9.17, 15) is 14.4 Å². The lowest BCUT2D eigenvalue weighted by Crippen LogP contribution is -2.44. The Bertz CT molecular complexity index is 857. The molecule has 1 fully saturated rings. The molecule has 3 heterocycles. The van der Waals surface area contributed by atoms with Crippen LogP contribution in [0.15, 0.2) is 39.6 Å². The Morgan fingerprint density at radius 2 is 2.07 bits per heavy atom. The summed E-state index contributed by atoms with van der Waals surface area (Å²) < 4.78 is 15.7. The van der Waals surface area contributed by atoms with Crippen molar-refractivity contribution >= 4 is 17.8 Å².